The maximum Gasteiger partial charge on any atom is 0.246 e. The number of ether oxygens (including phenoxy) is 1. The predicted molar refractivity (Wildman–Crippen MR) is 151 cm³/mol. The van der Waals surface area contributed by atoms with Crippen molar-refractivity contribution in [1.82, 2.24) is 30.0 Å². The standard InChI is InChI=1S/C30H33N7O2/c31-29-27-28(21-13-15-25(16-14-21)39-24-10-2-1-3-11-24)35-37(30(27)34-20-33-29)23-9-6-18-36(19-23)26(38)12-5-17-32-22-7-4-8-22/h1-3,5,10-16,20,22-23,32H,4,6-9,17-19H2,(H2,31,33,34)/b12-5+/t23-/m1/s1. The van der Waals surface area contributed by atoms with E-state index in [-0.39, 0.29) is 11.9 Å². The number of para-hydroxylation sites is 1. The Labute approximate surface area is 227 Å². The SMILES string of the molecule is Nc1ncnc2c1c(-c1ccc(Oc3ccccc3)cc1)nn2[C@@H]1CCCN(C(=O)/C=C/CNC2CCC2)C1. The molecule has 2 aromatic carbocycles. The molecular formula is C30H33N7O2. The van der Waals surface area contributed by atoms with Crippen molar-refractivity contribution in [3.8, 4) is 22.8 Å². The normalized spacial score (nSPS) is 17.9. The van der Waals surface area contributed by atoms with E-state index in [9.17, 15) is 4.79 Å². The van der Waals surface area contributed by atoms with Crippen LogP contribution < -0.4 is 15.8 Å². The van der Waals surface area contributed by atoms with E-state index in [0.717, 1.165) is 54.1 Å². The van der Waals surface area contributed by atoms with Crippen molar-refractivity contribution in [1.29, 1.82) is 0 Å². The van der Waals surface area contributed by atoms with Crippen LogP contribution in [0.3, 0.4) is 0 Å². The van der Waals surface area contributed by atoms with Gasteiger partial charge in [-0.2, -0.15) is 5.10 Å². The van der Waals surface area contributed by atoms with Crippen LogP contribution in [0.15, 0.2) is 73.1 Å². The van der Waals surface area contributed by atoms with Gasteiger partial charge in [0.1, 0.15) is 29.3 Å². The summed E-state index contributed by atoms with van der Waals surface area (Å²) in [7, 11) is 0. The van der Waals surface area contributed by atoms with E-state index in [4.69, 9.17) is 15.6 Å². The van der Waals surface area contributed by atoms with Gasteiger partial charge in [-0.25, -0.2) is 14.6 Å². The average molecular weight is 524 g/mol. The summed E-state index contributed by atoms with van der Waals surface area (Å²) >= 11 is 0. The van der Waals surface area contributed by atoms with Crippen molar-refractivity contribution in [2.24, 2.45) is 0 Å². The number of nitrogens with zero attached hydrogens (tertiary/aromatic N) is 5. The number of anilines is 1. The van der Waals surface area contributed by atoms with Crippen molar-refractivity contribution >= 4 is 22.8 Å². The highest BCUT2D eigenvalue weighted by Crippen LogP contribution is 2.35. The van der Waals surface area contributed by atoms with E-state index in [1.54, 1.807) is 6.08 Å². The van der Waals surface area contributed by atoms with Gasteiger partial charge in [-0.1, -0.05) is 30.7 Å². The molecule has 1 aliphatic heterocycles. The molecule has 1 aliphatic carbocycles. The lowest BCUT2D eigenvalue weighted by molar-refractivity contribution is -0.127. The highest BCUT2D eigenvalue weighted by Gasteiger charge is 2.28. The van der Waals surface area contributed by atoms with E-state index in [0.29, 0.717) is 24.1 Å². The summed E-state index contributed by atoms with van der Waals surface area (Å²) in [5.41, 5.74) is 8.64. The van der Waals surface area contributed by atoms with E-state index < -0.39 is 0 Å². The van der Waals surface area contributed by atoms with Crippen molar-refractivity contribution in [3.05, 3.63) is 73.1 Å². The third kappa shape index (κ3) is 5.49. The first-order valence-corrected chi connectivity index (χ1v) is 13.7. The second-order valence-corrected chi connectivity index (χ2v) is 10.2. The average Bonchev–Trinajstić information content (AvgIpc) is 3.34. The quantitative estimate of drug-likeness (QED) is 0.321. The van der Waals surface area contributed by atoms with Gasteiger partial charge in [0.25, 0.3) is 0 Å². The Hall–Kier alpha value is -4.24. The van der Waals surface area contributed by atoms with Crippen LogP contribution in [0.25, 0.3) is 22.3 Å². The molecule has 4 aromatic rings. The minimum atomic E-state index is -0.00422. The van der Waals surface area contributed by atoms with Crippen LogP contribution >= 0.6 is 0 Å². The van der Waals surface area contributed by atoms with Gasteiger partial charge < -0.3 is 20.7 Å². The third-order valence-electron chi connectivity index (χ3n) is 7.57. The summed E-state index contributed by atoms with van der Waals surface area (Å²) in [6.07, 6.45) is 10.7. The summed E-state index contributed by atoms with van der Waals surface area (Å²) in [5.74, 6) is 1.93. The Morgan fingerprint density at radius 1 is 1.03 bits per heavy atom. The van der Waals surface area contributed by atoms with Crippen molar-refractivity contribution in [2.75, 3.05) is 25.4 Å². The number of nitrogens with one attached hydrogen (secondary N) is 1. The second kappa shape index (κ2) is 11.2. The van der Waals surface area contributed by atoms with Crippen LogP contribution in [0.2, 0.25) is 0 Å². The molecule has 1 atom stereocenters. The zero-order chi connectivity index (χ0) is 26.6. The number of fused-ring (bicyclic) bond motifs is 1. The van der Waals surface area contributed by atoms with Crippen LogP contribution in [0, 0.1) is 0 Å². The molecule has 1 saturated carbocycles. The van der Waals surface area contributed by atoms with Gasteiger partial charge in [0.2, 0.25) is 5.91 Å². The number of likely N-dealkylation sites (tertiary alicyclic amines) is 1. The van der Waals surface area contributed by atoms with Gasteiger partial charge in [-0.05, 0) is 62.1 Å². The van der Waals surface area contributed by atoms with E-state index >= 15 is 0 Å². The number of aromatic nitrogens is 4. The Morgan fingerprint density at radius 3 is 2.59 bits per heavy atom. The van der Waals surface area contributed by atoms with E-state index in [1.165, 1.54) is 25.6 Å². The molecule has 0 bridgehead atoms. The van der Waals surface area contributed by atoms with Crippen LogP contribution in [0.1, 0.15) is 38.1 Å². The zero-order valence-corrected chi connectivity index (χ0v) is 21.9. The fourth-order valence-electron chi connectivity index (χ4n) is 5.22. The first-order chi connectivity index (χ1) is 19.2. The minimum Gasteiger partial charge on any atom is -0.457 e. The highest BCUT2D eigenvalue weighted by atomic mass is 16.5. The number of amides is 1. The molecule has 2 fully saturated rings. The summed E-state index contributed by atoms with van der Waals surface area (Å²) in [5, 5.41) is 9.18. The third-order valence-corrected chi connectivity index (χ3v) is 7.57. The number of carbonyl (C=O) groups excluding carboxylic acids is 1. The number of nitrogens with two attached hydrogens (primary N) is 1. The van der Waals surface area contributed by atoms with Gasteiger partial charge in [0, 0.05) is 37.3 Å². The number of hydrogen-bond donors (Lipinski definition) is 2. The van der Waals surface area contributed by atoms with Crippen LogP contribution in [-0.2, 0) is 4.79 Å². The van der Waals surface area contributed by atoms with Gasteiger partial charge >= 0.3 is 0 Å². The molecule has 200 valence electrons. The van der Waals surface area contributed by atoms with Crippen LogP contribution in [0.4, 0.5) is 5.82 Å². The Morgan fingerprint density at radius 2 is 1.82 bits per heavy atom. The molecule has 0 radical (unpaired) electrons. The Balaban J connectivity index is 1.21. The number of hydrogen-bond acceptors (Lipinski definition) is 7. The Bertz CT molecular complexity index is 1460. The molecule has 9 heteroatoms. The topological polar surface area (TPSA) is 111 Å². The first kappa shape index (κ1) is 25.1. The molecule has 2 aromatic heterocycles. The monoisotopic (exact) mass is 523 g/mol. The molecule has 39 heavy (non-hydrogen) atoms. The van der Waals surface area contributed by atoms with Crippen molar-refractivity contribution < 1.29 is 9.53 Å². The number of rotatable bonds is 8. The smallest absolute Gasteiger partial charge is 0.246 e. The summed E-state index contributed by atoms with van der Waals surface area (Å²) in [6, 6.07) is 18.0. The Kier molecular flexibility index (Phi) is 7.23. The number of carbonyl (C=O) groups is 1. The van der Waals surface area contributed by atoms with Crippen LogP contribution in [-0.4, -0.2) is 56.2 Å². The summed E-state index contributed by atoms with van der Waals surface area (Å²) in [4.78, 5) is 23.6. The van der Waals surface area contributed by atoms with Crippen LogP contribution in [0.5, 0.6) is 11.5 Å². The molecular weight excluding hydrogens is 490 g/mol. The zero-order valence-electron chi connectivity index (χ0n) is 21.9. The molecule has 1 saturated heterocycles. The molecule has 2 aliphatic rings. The highest BCUT2D eigenvalue weighted by molar-refractivity contribution is 5.98. The van der Waals surface area contributed by atoms with E-state index in [1.807, 2.05) is 70.3 Å². The predicted octanol–water partition coefficient (Wildman–Crippen LogP) is 4.73. The van der Waals surface area contributed by atoms with E-state index in [2.05, 4.69) is 15.3 Å². The second-order valence-electron chi connectivity index (χ2n) is 10.2. The van der Waals surface area contributed by atoms with Crippen molar-refractivity contribution in [2.45, 2.75) is 44.2 Å². The maximum absolute atomic E-state index is 12.9. The fourth-order valence-corrected chi connectivity index (χ4v) is 5.22. The summed E-state index contributed by atoms with van der Waals surface area (Å²) < 4.78 is 7.88. The number of nitrogen functional groups attached to an aromatic ring is 1. The molecule has 3 N–H and O–H groups in total. The maximum atomic E-state index is 12.9. The van der Waals surface area contributed by atoms with Gasteiger partial charge in [-0.3, -0.25) is 4.79 Å². The lowest BCUT2D eigenvalue weighted by Crippen LogP contribution is -2.40. The molecule has 3 heterocycles. The first-order valence-electron chi connectivity index (χ1n) is 13.7. The van der Waals surface area contributed by atoms with Gasteiger partial charge in [0.15, 0.2) is 5.65 Å². The lowest BCUT2D eigenvalue weighted by atomic mass is 9.93. The molecule has 9 nitrogen and oxygen atoms in total. The molecule has 0 spiro atoms. The fraction of sp³-hybridized carbons (Fsp3) is 0.333. The molecule has 1 amide bonds. The molecule has 0 unspecified atom stereocenters. The number of benzene rings is 2. The van der Waals surface area contributed by atoms with Gasteiger partial charge in [0.05, 0.1) is 11.4 Å². The lowest BCUT2D eigenvalue weighted by Gasteiger charge is -2.32. The summed E-state index contributed by atoms with van der Waals surface area (Å²) in [6.45, 7) is 2.04. The van der Waals surface area contributed by atoms with Gasteiger partial charge in [-0.15, -0.1) is 0 Å². The minimum absolute atomic E-state index is 0.00422. The number of piperidine rings is 1. The van der Waals surface area contributed by atoms with Crippen molar-refractivity contribution in [3.63, 3.8) is 0 Å². The largest absolute Gasteiger partial charge is 0.457 e. The molecule has 6 rings (SSSR count).